The zero-order valence-corrected chi connectivity index (χ0v) is 26.7. The lowest BCUT2D eigenvalue weighted by Crippen LogP contribution is -2.41. The van der Waals surface area contributed by atoms with Crippen LogP contribution in [0.1, 0.15) is 52.4 Å². The third kappa shape index (κ3) is 7.04. The van der Waals surface area contributed by atoms with Crippen LogP contribution >= 0.6 is 0 Å². The average molecular weight is 633 g/mol. The summed E-state index contributed by atoms with van der Waals surface area (Å²) in [5, 5.41) is 15.4. The molecule has 2 heterocycles. The molecule has 2 fully saturated rings. The van der Waals surface area contributed by atoms with Crippen LogP contribution in [0.15, 0.2) is 115 Å². The largest absolute Gasteiger partial charge is 0.508 e. The van der Waals surface area contributed by atoms with Crippen LogP contribution in [0.3, 0.4) is 0 Å². The SMILES string of the molecule is CCCCC1C(=O)N(c2ccccc2)N(c2ccc(O)cc2)C1=O.CCCCC1C(=O)N(c2ccccc2)N(c2ccccc2)C1=O. The van der Waals surface area contributed by atoms with E-state index in [0.29, 0.717) is 35.6 Å². The van der Waals surface area contributed by atoms with Gasteiger partial charge in [-0.05, 0) is 73.5 Å². The lowest BCUT2D eigenvalue weighted by molar-refractivity contribution is -0.128. The molecule has 1 atom stereocenters. The molecule has 2 aliphatic rings. The first-order chi connectivity index (χ1) is 22.9. The lowest BCUT2D eigenvalue weighted by Gasteiger charge is -2.27. The number of aromatic hydroxyl groups is 1. The number of hydrogen-bond acceptors (Lipinski definition) is 5. The van der Waals surface area contributed by atoms with Crippen molar-refractivity contribution in [1.29, 1.82) is 0 Å². The number of anilines is 4. The normalized spacial score (nSPS) is 16.6. The Morgan fingerprint density at radius 3 is 1.00 bits per heavy atom. The Morgan fingerprint density at radius 2 is 0.723 bits per heavy atom. The molecule has 6 rings (SSSR count). The van der Waals surface area contributed by atoms with Crippen LogP contribution in [-0.2, 0) is 19.2 Å². The van der Waals surface area contributed by atoms with Crippen molar-refractivity contribution in [2.75, 3.05) is 20.0 Å². The number of phenols is 1. The van der Waals surface area contributed by atoms with Crippen LogP contribution in [0.4, 0.5) is 22.7 Å². The maximum atomic E-state index is 12.9. The van der Waals surface area contributed by atoms with Gasteiger partial charge < -0.3 is 5.11 Å². The Kier molecular flexibility index (Phi) is 10.7. The minimum absolute atomic E-state index is 0.116. The number of rotatable bonds is 10. The van der Waals surface area contributed by atoms with Crippen molar-refractivity contribution in [2.24, 2.45) is 11.8 Å². The second-order valence-corrected chi connectivity index (χ2v) is 11.5. The van der Waals surface area contributed by atoms with E-state index in [-0.39, 0.29) is 29.4 Å². The number of carbonyl (C=O) groups is 4. The molecule has 0 aliphatic carbocycles. The van der Waals surface area contributed by atoms with Crippen molar-refractivity contribution < 1.29 is 24.3 Å². The van der Waals surface area contributed by atoms with Gasteiger partial charge in [0.05, 0.1) is 22.7 Å². The van der Waals surface area contributed by atoms with Crippen molar-refractivity contribution >= 4 is 46.4 Å². The molecule has 0 aromatic heterocycles. The molecular weight excluding hydrogens is 592 g/mol. The summed E-state index contributed by atoms with van der Waals surface area (Å²) in [7, 11) is 0. The van der Waals surface area contributed by atoms with Gasteiger partial charge in [0, 0.05) is 0 Å². The van der Waals surface area contributed by atoms with Gasteiger partial charge >= 0.3 is 0 Å². The number of unbranched alkanes of at least 4 members (excludes halogenated alkanes) is 2. The Balaban J connectivity index is 0.000000185. The highest BCUT2D eigenvalue weighted by Gasteiger charge is 2.47. The van der Waals surface area contributed by atoms with Gasteiger partial charge in [-0.1, -0.05) is 94.1 Å². The fourth-order valence-corrected chi connectivity index (χ4v) is 5.78. The Labute approximate surface area is 275 Å². The standard InChI is InChI=1S/C19H20N2O3.C19H20N2O2/c1-2-3-9-17-18(23)20(14-7-5-4-6-8-14)21(19(17)24)15-10-12-16(22)13-11-15;1-2-3-14-17-18(22)20(15-10-6-4-7-11-15)21(19(17)23)16-12-8-5-9-13-16/h4-8,10-13,17,22H,2-3,9H2,1H3;4-13,17H,2-3,14H2,1H3. The first-order valence-electron chi connectivity index (χ1n) is 16.2. The smallest absolute Gasteiger partial charge is 0.258 e. The summed E-state index contributed by atoms with van der Waals surface area (Å²) < 4.78 is 0. The minimum Gasteiger partial charge on any atom is -0.508 e. The number of hydrazine groups is 2. The Morgan fingerprint density at radius 1 is 0.447 bits per heavy atom. The van der Waals surface area contributed by atoms with Crippen molar-refractivity contribution in [3.8, 4) is 5.75 Å². The molecule has 0 radical (unpaired) electrons. The van der Waals surface area contributed by atoms with Crippen molar-refractivity contribution in [1.82, 2.24) is 0 Å². The third-order valence-corrected chi connectivity index (χ3v) is 8.22. The minimum atomic E-state index is -0.654. The van der Waals surface area contributed by atoms with Gasteiger partial charge in [0.15, 0.2) is 0 Å². The number of phenolic OH excluding ortho intramolecular Hbond substituents is 1. The van der Waals surface area contributed by atoms with Crippen LogP contribution in [0, 0.1) is 11.8 Å². The lowest BCUT2D eigenvalue weighted by atomic mass is 10.0. The topological polar surface area (TPSA) is 101 Å². The van der Waals surface area contributed by atoms with E-state index in [1.807, 2.05) is 85.8 Å². The monoisotopic (exact) mass is 632 g/mol. The van der Waals surface area contributed by atoms with Crippen LogP contribution in [-0.4, -0.2) is 28.7 Å². The predicted octanol–water partition coefficient (Wildman–Crippen LogP) is 7.28. The molecule has 47 heavy (non-hydrogen) atoms. The number of nitrogens with zero attached hydrogens (tertiary/aromatic N) is 4. The maximum Gasteiger partial charge on any atom is 0.258 e. The van der Waals surface area contributed by atoms with Gasteiger partial charge in [-0.3, -0.25) is 19.2 Å². The van der Waals surface area contributed by atoms with Crippen LogP contribution < -0.4 is 20.0 Å². The molecule has 242 valence electrons. The molecule has 2 aliphatic heterocycles. The summed E-state index contributed by atoms with van der Waals surface area (Å²) in [5.74, 6) is -1.83. The third-order valence-electron chi connectivity index (χ3n) is 8.22. The highest BCUT2D eigenvalue weighted by Crippen LogP contribution is 2.35. The number of para-hydroxylation sites is 3. The van der Waals surface area contributed by atoms with Crippen molar-refractivity contribution in [3.63, 3.8) is 0 Å². The second kappa shape index (κ2) is 15.2. The highest BCUT2D eigenvalue weighted by atomic mass is 16.3. The molecular formula is C38H40N4O5. The van der Waals surface area contributed by atoms with E-state index in [4.69, 9.17) is 0 Å². The number of benzene rings is 4. The van der Waals surface area contributed by atoms with Gasteiger partial charge in [0.2, 0.25) is 0 Å². The predicted molar refractivity (Wildman–Crippen MR) is 183 cm³/mol. The molecule has 9 nitrogen and oxygen atoms in total. The van der Waals surface area contributed by atoms with Crippen molar-refractivity contribution in [3.05, 3.63) is 115 Å². The van der Waals surface area contributed by atoms with Gasteiger partial charge in [-0.25, -0.2) is 20.0 Å². The van der Waals surface area contributed by atoms with Gasteiger partial charge in [0.1, 0.15) is 17.6 Å². The molecule has 4 aromatic rings. The summed E-state index contributed by atoms with van der Waals surface area (Å²) in [5.41, 5.74) is 2.65. The van der Waals surface area contributed by atoms with Gasteiger partial charge in [-0.2, -0.15) is 0 Å². The second-order valence-electron chi connectivity index (χ2n) is 11.5. The van der Waals surface area contributed by atoms with E-state index in [1.165, 1.54) is 32.2 Å². The number of carbonyl (C=O) groups excluding carboxylic acids is 4. The zero-order valence-electron chi connectivity index (χ0n) is 26.7. The van der Waals surface area contributed by atoms with Crippen LogP contribution in [0.25, 0.3) is 0 Å². The molecule has 9 heteroatoms. The van der Waals surface area contributed by atoms with Crippen LogP contribution in [0.2, 0.25) is 0 Å². The molecule has 1 N–H and O–H groups in total. The molecule has 0 spiro atoms. The molecule has 4 amide bonds. The van der Waals surface area contributed by atoms with E-state index in [9.17, 15) is 24.3 Å². The first-order valence-corrected chi connectivity index (χ1v) is 16.2. The molecule has 0 saturated carbocycles. The van der Waals surface area contributed by atoms with E-state index in [0.717, 1.165) is 25.7 Å². The van der Waals surface area contributed by atoms with E-state index in [1.54, 1.807) is 24.3 Å². The number of amides is 4. The zero-order chi connectivity index (χ0) is 33.3. The summed E-state index contributed by atoms with van der Waals surface area (Å²) >= 11 is 0. The fraction of sp³-hybridized carbons (Fsp3) is 0.263. The first kappa shape index (κ1) is 32.9. The van der Waals surface area contributed by atoms with E-state index in [2.05, 4.69) is 6.92 Å². The summed E-state index contributed by atoms with van der Waals surface area (Å²) in [4.78, 5) is 51.5. The molecule has 0 bridgehead atoms. The maximum absolute atomic E-state index is 12.9. The number of hydrogen-bond donors (Lipinski definition) is 1. The molecule has 1 unspecified atom stereocenters. The summed E-state index contributed by atoms with van der Waals surface area (Å²) in [6.45, 7) is 4.10. The van der Waals surface area contributed by atoms with Crippen molar-refractivity contribution in [2.45, 2.75) is 52.4 Å². The van der Waals surface area contributed by atoms with E-state index < -0.39 is 11.8 Å². The fourth-order valence-electron chi connectivity index (χ4n) is 5.78. The van der Waals surface area contributed by atoms with Crippen LogP contribution in [0.5, 0.6) is 5.75 Å². The molecule has 4 aromatic carbocycles. The Bertz CT molecular complexity index is 1610. The molecule has 2 saturated heterocycles. The average Bonchev–Trinajstić information content (AvgIpc) is 3.51. The van der Waals surface area contributed by atoms with E-state index >= 15 is 0 Å². The van der Waals surface area contributed by atoms with Gasteiger partial charge in [-0.15, -0.1) is 0 Å². The summed E-state index contributed by atoms with van der Waals surface area (Å²) in [6, 6.07) is 34.1. The Hall–Kier alpha value is -5.44. The highest BCUT2D eigenvalue weighted by molar-refractivity contribution is 6.23. The quantitative estimate of drug-likeness (QED) is 0.185. The summed E-state index contributed by atoms with van der Waals surface area (Å²) in [6.07, 6.45) is 4.74. The van der Waals surface area contributed by atoms with Gasteiger partial charge in [0.25, 0.3) is 23.6 Å².